The summed E-state index contributed by atoms with van der Waals surface area (Å²) in [5.74, 6) is 0. The maximum atomic E-state index is 5.92. The van der Waals surface area contributed by atoms with Gasteiger partial charge in [0, 0.05) is 6.16 Å². The van der Waals surface area contributed by atoms with Gasteiger partial charge < -0.3 is 9.05 Å². The summed E-state index contributed by atoms with van der Waals surface area (Å²) < 4.78 is 11.8. The predicted octanol–water partition coefficient (Wildman–Crippen LogP) is 5.95. The number of hydrogen-bond acceptors (Lipinski definition) is 2. The van der Waals surface area contributed by atoms with E-state index in [1.807, 2.05) is 0 Å². The Morgan fingerprint density at radius 2 is 1.43 bits per heavy atom. The highest BCUT2D eigenvalue weighted by Crippen LogP contribution is 2.39. The quantitative estimate of drug-likeness (QED) is 0.331. The Morgan fingerprint density at radius 1 is 0.810 bits per heavy atom. The first-order valence-electron chi connectivity index (χ1n) is 8.44. The number of hydrogen-bond donors (Lipinski definition) is 0. The van der Waals surface area contributed by atoms with Crippen LogP contribution < -0.4 is 0 Å². The van der Waals surface area contributed by atoms with Crippen LogP contribution in [0.1, 0.15) is 57.9 Å². The molecule has 0 radical (unpaired) electrons. The van der Waals surface area contributed by atoms with E-state index < -0.39 is 8.38 Å². The van der Waals surface area contributed by atoms with Crippen LogP contribution in [-0.4, -0.2) is 19.4 Å². The molecule has 0 aliphatic heterocycles. The zero-order valence-corrected chi connectivity index (χ0v) is 14.6. The molecule has 0 atom stereocenters. The Hall–Kier alpha value is -0.430. The minimum absolute atomic E-state index is 0.664. The minimum Gasteiger partial charge on any atom is -0.334 e. The second kappa shape index (κ2) is 13.2. The van der Waals surface area contributed by atoms with Crippen LogP contribution in [0.2, 0.25) is 0 Å². The van der Waals surface area contributed by atoms with Gasteiger partial charge in [-0.05, 0) is 37.7 Å². The molecule has 0 bridgehead atoms. The summed E-state index contributed by atoms with van der Waals surface area (Å²) in [6.07, 6.45) is 9.30. The largest absolute Gasteiger partial charge is 0.334 e. The summed E-state index contributed by atoms with van der Waals surface area (Å²) in [6, 6.07) is 10.7. The molecule has 2 nitrogen and oxygen atoms in total. The van der Waals surface area contributed by atoms with E-state index >= 15 is 0 Å². The summed E-state index contributed by atoms with van der Waals surface area (Å²) in [6.45, 7) is 6.10. The molecule has 0 aliphatic carbocycles. The molecule has 21 heavy (non-hydrogen) atoms. The lowest BCUT2D eigenvalue weighted by Crippen LogP contribution is -1.99. The molecule has 0 spiro atoms. The first-order chi connectivity index (χ1) is 10.4. The van der Waals surface area contributed by atoms with Gasteiger partial charge in [-0.25, -0.2) is 0 Å². The fourth-order valence-electron chi connectivity index (χ4n) is 2.00. The summed E-state index contributed by atoms with van der Waals surface area (Å²) >= 11 is 0. The van der Waals surface area contributed by atoms with Gasteiger partial charge in [0.2, 0.25) is 0 Å². The predicted molar refractivity (Wildman–Crippen MR) is 92.9 cm³/mol. The molecule has 1 rings (SSSR count). The molecular weight excluding hydrogens is 279 g/mol. The van der Waals surface area contributed by atoms with Crippen LogP contribution in [0.15, 0.2) is 30.3 Å². The van der Waals surface area contributed by atoms with Crippen molar-refractivity contribution in [1.29, 1.82) is 0 Å². The van der Waals surface area contributed by atoms with Gasteiger partial charge in [-0.1, -0.05) is 57.0 Å². The number of unbranched alkanes of at least 4 members (excludes halogenated alkanes) is 3. The van der Waals surface area contributed by atoms with Crippen LogP contribution in [0.25, 0.3) is 0 Å². The fourth-order valence-corrected chi connectivity index (χ4v) is 3.48. The minimum atomic E-state index is -0.664. The first-order valence-corrected chi connectivity index (χ1v) is 9.80. The van der Waals surface area contributed by atoms with E-state index in [0.717, 1.165) is 38.6 Å². The van der Waals surface area contributed by atoms with Crippen molar-refractivity contribution >= 4 is 8.38 Å². The average Bonchev–Trinajstić information content (AvgIpc) is 2.52. The lowest BCUT2D eigenvalue weighted by atomic mass is 10.1. The van der Waals surface area contributed by atoms with Gasteiger partial charge in [0.1, 0.15) is 0 Å². The fraction of sp³-hybridized carbons (Fsp3) is 0.667. The molecule has 3 heteroatoms. The lowest BCUT2D eigenvalue weighted by molar-refractivity contribution is 0.242. The van der Waals surface area contributed by atoms with Crippen LogP contribution in [0.3, 0.4) is 0 Å². The molecule has 0 aliphatic rings. The van der Waals surface area contributed by atoms with E-state index in [9.17, 15) is 0 Å². The normalized spacial score (nSPS) is 11.2. The Labute approximate surface area is 132 Å². The van der Waals surface area contributed by atoms with Crippen molar-refractivity contribution < 1.29 is 9.05 Å². The van der Waals surface area contributed by atoms with Crippen molar-refractivity contribution in [3.05, 3.63) is 35.9 Å². The molecule has 0 saturated carbocycles. The first kappa shape index (κ1) is 18.6. The molecule has 0 aromatic heterocycles. The molecule has 0 amide bonds. The van der Waals surface area contributed by atoms with Crippen molar-refractivity contribution in [2.24, 2.45) is 0 Å². The Balaban J connectivity index is 2.17. The smallest absolute Gasteiger partial charge is 0.170 e. The topological polar surface area (TPSA) is 18.5 Å². The van der Waals surface area contributed by atoms with Crippen molar-refractivity contribution in [2.45, 2.75) is 58.8 Å². The van der Waals surface area contributed by atoms with Crippen molar-refractivity contribution in [3.63, 3.8) is 0 Å². The number of benzene rings is 1. The second-order valence-electron chi connectivity index (χ2n) is 5.37. The number of aryl methyl sites for hydroxylation is 1. The SMILES string of the molecule is CCCCOP(CCCCc1ccccc1)OCCCC. The third-order valence-corrected chi connectivity index (χ3v) is 4.99. The Bertz CT molecular complexity index is 319. The zero-order chi connectivity index (χ0) is 15.2. The summed E-state index contributed by atoms with van der Waals surface area (Å²) in [7, 11) is -0.664. The zero-order valence-electron chi connectivity index (χ0n) is 13.7. The van der Waals surface area contributed by atoms with Gasteiger partial charge in [-0.15, -0.1) is 0 Å². The number of rotatable bonds is 13. The van der Waals surface area contributed by atoms with E-state index in [0.29, 0.717) is 0 Å². The van der Waals surface area contributed by atoms with E-state index in [4.69, 9.17) is 9.05 Å². The lowest BCUT2D eigenvalue weighted by Gasteiger charge is -2.17. The van der Waals surface area contributed by atoms with Crippen LogP contribution in [0.4, 0.5) is 0 Å². The average molecular weight is 310 g/mol. The van der Waals surface area contributed by atoms with Crippen molar-refractivity contribution in [2.75, 3.05) is 19.4 Å². The van der Waals surface area contributed by atoms with Gasteiger partial charge in [0.15, 0.2) is 8.38 Å². The molecule has 0 heterocycles. The Morgan fingerprint density at radius 3 is 2.00 bits per heavy atom. The van der Waals surface area contributed by atoms with Gasteiger partial charge >= 0.3 is 0 Å². The summed E-state index contributed by atoms with van der Waals surface area (Å²) in [4.78, 5) is 0. The Kier molecular flexibility index (Phi) is 11.7. The highest BCUT2D eigenvalue weighted by Gasteiger charge is 2.10. The maximum Gasteiger partial charge on any atom is 0.170 e. The summed E-state index contributed by atoms with van der Waals surface area (Å²) in [5, 5.41) is 0. The van der Waals surface area contributed by atoms with Gasteiger partial charge in [0.05, 0.1) is 13.2 Å². The molecule has 1 aromatic rings. The van der Waals surface area contributed by atoms with Crippen LogP contribution in [0, 0.1) is 0 Å². The van der Waals surface area contributed by atoms with E-state index in [1.54, 1.807) is 0 Å². The molecule has 0 saturated heterocycles. The molecule has 0 fully saturated rings. The highest BCUT2D eigenvalue weighted by atomic mass is 31.2. The van der Waals surface area contributed by atoms with Crippen LogP contribution in [-0.2, 0) is 15.5 Å². The summed E-state index contributed by atoms with van der Waals surface area (Å²) in [5.41, 5.74) is 1.43. The molecular formula is C18H31O2P. The molecule has 0 N–H and O–H groups in total. The van der Waals surface area contributed by atoms with Crippen LogP contribution >= 0.6 is 8.38 Å². The van der Waals surface area contributed by atoms with E-state index in [-0.39, 0.29) is 0 Å². The van der Waals surface area contributed by atoms with Crippen LogP contribution in [0.5, 0.6) is 0 Å². The van der Waals surface area contributed by atoms with E-state index in [1.165, 1.54) is 31.2 Å². The highest BCUT2D eigenvalue weighted by molar-refractivity contribution is 7.47. The third kappa shape index (κ3) is 10.0. The van der Waals surface area contributed by atoms with E-state index in [2.05, 4.69) is 44.2 Å². The second-order valence-corrected chi connectivity index (χ2v) is 7.00. The third-order valence-electron chi connectivity index (χ3n) is 3.37. The van der Waals surface area contributed by atoms with Gasteiger partial charge in [-0.3, -0.25) is 0 Å². The maximum absolute atomic E-state index is 5.92. The molecule has 1 aromatic carbocycles. The van der Waals surface area contributed by atoms with Gasteiger partial charge in [0.25, 0.3) is 0 Å². The van der Waals surface area contributed by atoms with Crippen molar-refractivity contribution in [1.82, 2.24) is 0 Å². The molecule has 120 valence electrons. The molecule has 0 unspecified atom stereocenters. The monoisotopic (exact) mass is 310 g/mol. The standard InChI is InChI=1S/C18H31O2P/c1-3-5-15-19-21(20-16-6-4-2)17-11-10-14-18-12-8-7-9-13-18/h7-9,12-13H,3-6,10-11,14-17H2,1-2H3. The van der Waals surface area contributed by atoms with Gasteiger partial charge in [-0.2, -0.15) is 0 Å². The van der Waals surface area contributed by atoms with Crippen molar-refractivity contribution in [3.8, 4) is 0 Å².